The fraction of sp³-hybridized carbons (Fsp3) is 0.400. The Morgan fingerprint density at radius 2 is 2.03 bits per heavy atom. The summed E-state index contributed by atoms with van der Waals surface area (Å²) in [6.45, 7) is 7.97. The number of nitrogens with one attached hydrogen (secondary N) is 2. The van der Waals surface area contributed by atoms with E-state index in [1.165, 1.54) is 17.3 Å². The van der Waals surface area contributed by atoms with Crippen molar-refractivity contribution in [3.05, 3.63) is 40.6 Å². The maximum Gasteiger partial charge on any atom is 0.337 e. The van der Waals surface area contributed by atoms with Gasteiger partial charge in [0.05, 0.1) is 18.2 Å². The summed E-state index contributed by atoms with van der Waals surface area (Å²) in [6.07, 6.45) is 0.577. The van der Waals surface area contributed by atoms with Gasteiger partial charge in [0.15, 0.2) is 0 Å². The average Bonchev–Trinajstić information content (AvgIpc) is 3.17. The van der Waals surface area contributed by atoms with Crippen LogP contribution < -0.4 is 10.6 Å². The number of urea groups is 1. The highest BCUT2D eigenvalue weighted by molar-refractivity contribution is 7.99. The van der Waals surface area contributed by atoms with Crippen LogP contribution in [0.15, 0.2) is 39.1 Å². The van der Waals surface area contributed by atoms with E-state index in [1.54, 1.807) is 6.92 Å². The van der Waals surface area contributed by atoms with Crippen molar-refractivity contribution in [3.63, 3.8) is 0 Å². The first-order valence-electron chi connectivity index (χ1n) is 9.44. The molecule has 0 bridgehead atoms. The first-order valence-corrected chi connectivity index (χ1v) is 10.4. The van der Waals surface area contributed by atoms with E-state index in [9.17, 15) is 9.59 Å². The quantitative estimate of drug-likeness (QED) is 0.526. The molecule has 2 heterocycles. The molecule has 0 radical (unpaired) electrons. The zero-order valence-corrected chi connectivity index (χ0v) is 17.7. The number of esters is 1. The second-order valence-corrected chi connectivity index (χ2v) is 7.56. The van der Waals surface area contributed by atoms with Gasteiger partial charge in [0.1, 0.15) is 0 Å². The molecule has 154 valence electrons. The average molecular weight is 417 g/mol. The van der Waals surface area contributed by atoms with Crippen LogP contribution in [-0.4, -0.2) is 40.6 Å². The monoisotopic (exact) mass is 416 g/mol. The van der Waals surface area contributed by atoms with Crippen LogP contribution in [0.2, 0.25) is 0 Å². The number of aromatic nitrogens is 2. The fourth-order valence-electron chi connectivity index (χ4n) is 2.97. The molecular formula is C20H24N4O4S. The highest BCUT2D eigenvalue weighted by Crippen LogP contribution is 2.27. The molecule has 0 unspecified atom stereocenters. The van der Waals surface area contributed by atoms with Crippen molar-refractivity contribution in [2.75, 3.05) is 12.4 Å². The van der Waals surface area contributed by atoms with E-state index in [1.807, 2.05) is 39.0 Å². The molecule has 0 aliphatic carbocycles. The molecule has 0 saturated carbocycles. The SMILES string of the molecule is CCOC(=O)C1=C(CSc2nnc(-c3ccc(C)c(C)c3)o2)NC(=O)N[C@H]1CC. The van der Waals surface area contributed by atoms with Crippen LogP contribution in [0.3, 0.4) is 0 Å². The van der Waals surface area contributed by atoms with Crippen LogP contribution in [0.1, 0.15) is 31.4 Å². The number of nitrogens with zero attached hydrogens (tertiary/aromatic N) is 2. The third-order valence-electron chi connectivity index (χ3n) is 4.65. The zero-order chi connectivity index (χ0) is 21.0. The zero-order valence-electron chi connectivity index (χ0n) is 16.9. The van der Waals surface area contributed by atoms with Gasteiger partial charge in [-0.1, -0.05) is 24.8 Å². The first-order chi connectivity index (χ1) is 13.9. The van der Waals surface area contributed by atoms with Crippen LogP contribution in [0.4, 0.5) is 4.79 Å². The lowest BCUT2D eigenvalue weighted by Crippen LogP contribution is -2.50. The Hall–Kier alpha value is -2.81. The van der Waals surface area contributed by atoms with E-state index in [0.29, 0.717) is 34.6 Å². The number of carbonyl (C=O) groups is 2. The van der Waals surface area contributed by atoms with Gasteiger partial charge in [0.25, 0.3) is 5.22 Å². The molecular weight excluding hydrogens is 392 g/mol. The van der Waals surface area contributed by atoms with Crippen molar-refractivity contribution in [3.8, 4) is 11.5 Å². The maximum atomic E-state index is 12.4. The summed E-state index contributed by atoms with van der Waals surface area (Å²) >= 11 is 1.26. The molecule has 1 aromatic carbocycles. The van der Waals surface area contributed by atoms with Gasteiger partial charge in [-0.3, -0.25) is 0 Å². The highest BCUT2D eigenvalue weighted by Gasteiger charge is 2.31. The minimum atomic E-state index is -0.441. The smallest absolute Gasteiger partial charge is 0.337 e. The summed E-state index contributed by atoms with van der Waals surface area (Å²) in [5.41, 5.74) is 4.10. The maximum absolute atomic E-state index is 12.4. The summed E-state index contributed by atoms with van der Waals surface area (Å²) in [5, 5.41) is 14.0. The van der Waals surface area contributed by atoms with E-state index in [0.717, 1.165) is 11.1 Å². The Balaban J connectivity index is 1.79. The normalized spacial score (nSPS) is 16.4. The third kappa shape index (κ3) is 4.79. The van der Waals surface area contributed by atoms with Crippen molar-refractivity contribution in [2.45, 2.75) is 45.4 Å². The number of benzene rings is 1. The number of ether oxygens (including phenoxy) is 1. The van der Waals surface area contributed by atoms with Crippen molar-refractivity contribution in [1.82, 2.24) is 20.8 Å². The van der Waals surface area contributed by atoms with E-state index >= 15 is 0 Å². The number of hydrogen-bond donors (Lipinski definition) is 2. The second-order valence-electron chi connectivity index (χ2n) is 6.63. The molecule has 2 aromatic rings. The topological polar surface area (TPSA) is 106 Å². The number of hydrogen-bond acceptors (Lipinski definition) is 7. The molecule has 1 aliphatic heterocycles. The Kier molecular flexibility index (Phi) is 6.58. The van der Waals surface area contributed by atoms with Crippen LogP contribution in [-0.2, 0) is 9.53 Å². The molecule has 1 aliphatic rings. The van der Waals surface area contributed by atoms with Gasteiger partial charge in [0, 0.05) is 17.0 Å². The molecule has 2 N–H and O–H groups in total. The van der Waals surface area contributed by atoms with Crippen LogP contribution in [0, 0.1) is 13.8 Å². The molecule has 1 aromatic heterocycles. The van der Waals surface area contributed by atoms with Crippen molar-refractivity contribution in [1.29, 1.82) is 0 Å². The van der Waals surface area contributed by atoms with Gasteiger partial charge in [-0.25, -0.2) is 9.59 Å². The number of rotatable bonds is 7. The lowest BCUT2D eigenvalue weighted by atomic mass is 10.0. The minimum absolute atomic E-state index is 0.260. The number of aryl methyl sites for hydroxylation is 2. The predicted molar refractivity (Wildman–Crippen MR) is 109 cm³/mol. The minimum Gasteiger partial charge on any atom is -0.463 e. The van der Waals surface area contributed by atoms with Gasteiger partial charge >= 0.3 is 12.0 Å². The van der Waals surface area contributed by atoms with E-state index in [-0.39, 0.29) is 12.6 Å². The van der Waals surface area contributed by atoms with Crippen LogP contribution >= 0.6 is 11.8 Å². The fourth-order valence-corrected chi connectivity index (χ4v) is 3.70. The van der Waals surface area contributed by atoms with Gasteiger partial charge < -0.3 is 19.8 Å². The molecule has 2 amide bonds. The van der Waals surface area contributed by atoms with Crippen molar-refractivity contribution < 1.29 is 18.7 Å². The number of amides is 2. The summed E-state index contributed by atoms with van der Waals surface area (Å²) in [7, 11) is 0. The van der Waals surface area contributed by atoms with Crippen molar-refractivity contribution >= 4 is 23.8 Å². The Morgan fingerprint density at radius 1 is 1.24 bits per heavy atom. The molecule has 0 saturated heterocycles. The van der Waals surface area contributed by atoms with Gasteiger partial charge in [0.2, 0.25) is 5.89 Å². The molecule has 1 atom stereocenters. The number of carbonyl (C=O) groups excluding carboxylic acids is 2. The third-order valence-corrected chi connectivity index (χ3v) is 5.49. The second kappa shape index (κ2) is 9.13. The predicted octanol–water partition coefficient (Wildman–Crippen LogP) is 3.35. The van der Waals surface area contributed by atoms with Gasteiger partial charge in [-0.15, -0.1) is 10.2 Å². The lowest BCUT2D eigenvalue weighted by Gasteiger charge is -2.28. The summed E-state index contributed by atoms with van der Waals surface area (Å²) in [4.78, 5) is 24.4. The molecule has 0 spiro atoms. The Morgan fingerprint density at radius 3 is 2.72 bits per heavy atom. The summed E-state index contributed by atoms with van der Waals surface area (Å²) in [6, 6.07) is 5.20. The highest BCUT2D eigenvalue weighted by atomic mass is 32.2. The van der Waals surface area contributed by atoms with Crippen molar-refractivity contribution in [2.24, 2.45) is 0 Å². The van der Waals surface area contributed by atoms with Gasteiger partial charge in [-0.05, 0) is 50.5 Å². The molecule has 3 rings (SSSR count). The molecule has 9 heteroatoms. The Bertz CT molecular complexity index is 954. The lowest BCUT2D eigenvalue weighted by molar-refractivity contribution is -0.139. The molecule has 0 fully saturated rings. The van der Waals surface area contributed by atoms with E-state index in [4.69, 9.17) is 9.15 Å². The van der Waals surface area contributed by atoms with Crippen LogP contribution in [0.25, 0.3) is 11.5 Å². The molecule has 29 heavy (non-hydrogen) atoms. The largest absolute Gasteiger partial charge is 0.463 e. The van der Waals surface area contributed by atoms with E-state index < -0.39 is 12.0 Å². The molecule has 8 nitrogen and oxygen atoms in total. The number of thioether (sulfide) groups is 1. The standard InChI is InChI=1S/C20H24N4O4S/c1-5-14-16(18(25)27-6-2)15(22-19(26)21-14)10-29-20-24-23-17(28-20)13-8-7-11(3)12(4)9-13/h7-9,14H,5-6,10H2,1-4H3,(H2,21,22,26)/t14-/m0/s1. The van der Waals surface area contributed by atoms with Crippen LogP contribution in [0.5, 0.6) is 0 Å². The van der Waals surface area contributed by atoms with E-state index in [2.05, 4.69) is 20.8 Å². The van der Waals surface area contributed by atoms with Gasteiger partial charge in [-0.2, -0.15) is 0 Å². The summed E-state index contributed by atoms with van der Waals surface area (Å²) in [5.74, 6) is 0.284. The Labute approximate surface area is 173 Å². The first kappa shape index (κ1) is 20.9. The summed E-state index contributed by atoms with van der Waals surface area (Å²) < 4.78 is 10.9.